The maximum absolute atomic E-state index is 2.49. The van der Waals surface area contributed by atoms with Gasteiger partial charge in [0.05, 0.1) is 16.4 Å². The predicted molar refractivity (Wildman–Crippen MR) is 229 cm³/mol. The molecule has 256 valence electrons. The molecule has 0 radical (unpaired) electrons. The van der Waals surface area contributed by atoms with Crippen molar-refractivity contribution in [2.24, 2.45) is 0 Å². The van der Waals surface area contributed by atoms with Crippen molar-refractivity contribution >= 4 is 49.6 Å². The number of rotatable bonds is 4. The average Bonchev–Trinajstić information content (AvgIpc) is 3.85. The standard InChI is InChI=1S/C53H34N2/c1-3-17-37(18-4-1)54(39-28-30-52-46(33-39)44-23-11-14-26-51(44)55(52)38-19-5-2-6-20-38)40-27-29-43-45-31-35-15-7-8-16-36(35)32-49(45)53(50(43)34-40)47-24-12-9-21-41(47)42-22-10-13-25-48(42)53/h1-34H. The van der Waals surface area contributed by atoms with Gasteiger partial charge in [0.15, 0.2) is 0 Å². The number of hydrogen-bond donors (Lipinski definition) is 0. The molecular weight excluding hydrogens is 665 g/mol. The van der Waals surface area contributed by atoms with Crippen molar-refractivity contribution in [3.05, 3.63) is 229 Å². The molecule has 0 unspecified atom stereocenters. The third-order valence-corrected chi connectivity index (χ3v) is 12.1. The second-order valence-electron chi connectivity index (χ2n) is 14.9. The molecule has 1 aromatic heterocycles. The highest BCUT2D eigenvalue weighted by molar-refractivity contribution is 6.11. The van der Waals surface area contributed by atoms with E-state index in [1.807, 2.05) is 0 Å². The van der Waals surface area contributed by atoms with Crippen molar-refractivity contribution in [2.45, 2.75) is 5.41 Å². The Morgan fingerprint density at radius 1 is 0.327 bits per heavy atom. The Morgan fingerprint density at radius 3 is 1.64 bits per heavy atom. The second-order valence-corrected chi connectivity index (χ2v) is 14.9. The van der Waals surface area contributed by atoms with Gasteiger partial charge in [0, 0.05) is 33.5 Å². The Hall–Kier alpha value is -7.16. The molecule has 0 fully saturated rings. The second kappa shape index (κ2) is 11.4. The third kappa shape index (κ3) is 4.14. The van der Waals surface area contributed by atoms with Gasteiger partial charge in [-0.1, -0.05) is 133 Å². The van der Waals surface area contributed by atoms with Crippen LogP contribution in [-0.2, 0) is 5.41 Å². The molecule has 1 spiro atoms. The number of aromatic nitrogens is 1. The molecule has 2 nitrogen and oxygen atoms in total. The predicted octanol–water partition coefficient (Wildman–Crippen LogP) is 13.8. The van der Waals surface area contributed by atoms with Gasteiger partial charge in [0.1, 0.15) is 0 Å². The summed E-state index contributed by atoms with van der Waals surface area (Å²) in [5.74, 6) is 0. The lowest BCUT2D eigenvalue weighted by atomic mass is 9.70. The third-order valence-electron chi connectivity index (χ3n) is 12.1. The van der Waals surface area contributed by atoms with Crippen LogP contribution >= 0.6 is 0 Å². The van der Waals surface area contributed by atoms with E-state index in [1.165, 1.54) is 77.1 Å². The fourth-order valence-corrected chi connectivity index (χ4v) is 9.93. The molecule has 9 aromatic carbocycles. The number of hydrogen-bond acceptors (Lipinski definition) is 1. The molecule has 10 aromatic rings. The topological polar surface area (TPSA) is 8.17 Å². The number of nitrogens with zero attached hydrogens (tertiary/aromatic N) is 2. The Balaban J connectivity index is 1.14. The molecule has 12 rings (SSSR count). The summed E-state index contributed by atoms with van der Waals surface area (Å²) < 4.78 is 2.39. The highest BCUT2D eigenvalue weighted by atomic mass is 15.1. The summed E-state index contributed by atoms with van der Waals surface area (Å²) in [6.45, 7) is 0. The number of benzene rings is 9. The number of anilines is 3. The molecule has 0 saturated carbocycles. The van der Waals surface area contributed by atoms with E-state index in [4.69, 9.17) is 0 Å². The molecule has 0 atom stereocenters. The lowest BCUT2D eigenvalue weighted by Crippen LogP contribution is -2.26. The molecule has 0 N–H and O–H groups in total. The maximum Gasteiger partial charge on any atom is 0.0726 e. The monoisotopic (exact) mass is 698 g/mol. The molecular formula is C53H34N2. The van der Waals surface area contributed by atoms with Crippen molar-refractivity contribution < 1.29 is 0 Å². The van der Waals surface area contributed by atoms with Crippen LogP contribution in [0.15, 0.2) is 206 Å². The van der Waals surface area contributed by atoms with Crippen LogP contribution in [0.25, 0.3) is 60.5 Å². The van der Waals surface area contributed by atoms with Gasteiger partial charge >= 0.3 is 0 Å². The average molecular weight is 699 g/mol. The molecule has 2 aliphatic rings. The Kier molecular flexibility index (Phi) is 6.29. The lowest BCUT2D eigenvalue weighted by molar-refractivity contribution is 0.795. The first-order valence-corrected chi connectivity index (χ1v) is 19.1. The van der Waals surface area contributed by atoms with Gasteiger partial charge < -0.3 is 9.47 Å². The Labute approximate surface area is 319 Å². The molecule has 0 bridgehead atoms. The van der Waals surface area contributed by atoms with Gasteiger partial charge in [-0.3, -0.25) is 0 Å². The van der Waals surface area contributed by atoms with Crippen LogP contribution in [0.4, 0.5) is 17.1 Å². The van der Waals surface area contributed by atoms with Crippen molar-refractivity contribution in [3.8, 4) is 27.9 Å². The highest BCUT2D eigenvalue weighted by Crippen LogP contribution is 2.63. The first kappa shape index (κ1) is 30.3. The van der Waals surface area contributed by atoms with Crippen LogP contribution in [0.5, 0.6) is 0 Å². The normalized spacial score (nSPS) is 13.2. The van der Waals surface area contributed by atoms with E-state index in [0.29, 0.717) is 0 Å². The lowest BCUT2D eigenvalue weighted by Gasteiger charge is -2.32. The van der Waals surface area contributed by atoms with Crippen LogP contribution < -0.4 is 4.90 Å². The van der Waals surface area contributed by atoms with E-state index in [-0.39, 0.29) is 0 Å². The molecule has 55 heavy (non-hydrogen) atoms. The maximum atomic E-state index is 2.49. The van der Waals surface area contributed by atoms with Gasteiger partial charge in [0.25, 0.3) is 0 Å². The zero-order valence-electron chi connectivity index (χ0n) is 30.0. The van der Waals surface area contributed by atoms with E-state index >= 15 is 0 Å². The molecule has 2 aliphatic carbocycles. The zero-order chi connectivity index (χ0) is 36.1. The minimum absolute atomic E-state index is 0.451. The molecule has 1 heterocycles. The van der Waals surface area contributed by atoms with Gasteiger partial charge in [-0.15, -0.1) is 0 Å². The van der Waals surface area contributed by atoms with E-state index < -0.39 is 5.41 Å². The summed E-state index contributed by atoms with van der Waals surface area (Å²) in [6, 6.07) is 76.3. The zero-order valence-corrected chi connectivity index (χ0v) is 30.0. The highest BCUT2D eigenvalue weighted by Gasteiger charge is 2.52. The Bertz CT molecular complexity index is 3110. The van der Waals surface area contributed by atoms with Gasteiger partial charge in [-0.2, -0.15) is 0 Å². The van der Waals surface area contributed by atoms with E-state index in [2.05, 4.69) is 216 Å². The van der Waals surface area contributed by atoms with E-state index in [9.17, 15) is 0 Å². The summed E-state index contributed by atoms with van der Waals surface area (Å²) in [4.78, 5) is 2.44. The molecule has 0 amide bonds. The van der Waals surface area contributed by atoms with Gasteiger partial charge in [-0.05, 0) is 128 Å². The van der Waals surface area contributed by atoms with Crippen LogP contribution in [0.1, 0.15) is 22.3 Å². The van der Waals surface area contributed by atoms with Crippen molar-refractivity contribution in [1.29, 1.82) is 0 Å². The Morgan fingerprint density at radius 2 is 0.873 bits per heavy atom. The smallest absolute Gasteiger partial charge is 0.0726 e. The summed E-state index contributed by atoms with van der Waals surface area (Å²) >= 11 is 0. The number of para-hydroxylation sites is 3. The summed E-state index contributed by atoms with van der Waals surface area (Å²) in [5, 5.41) is 5.00. The van der Waals surface area contributed by atoms with Crippen LogP contribution in [0, 0.1) is 0 Å². The van der Waals surface area contributed by atoms with Gasteiger partial charge in [-0.25, -0.2) is 0 Å². The van der Waals surface area contributed by atoms with E-state index in [0.717, 1.165) is 22.7 Å². The van der Waals surface area contributed by atoms with Crippen molar-refractivity contribution in [2.75, 3.05) is 4.90 Å². The van der Waals surface area contributed by atoms with Crippen LogP contribution in [0.2, 0.25) is 0 Å². The summed E-state index contributed by atoms with van der Waals surface area (Å²) in [7, 11) is 0. The minimum Gasteiger partial charge on any atom is -0.310 e. The molecule has 2 heteroatoms. The largest absolute Gasteiger partial charge is 0.310 e. The van der Waals surface area contributed by atoms with Crippen molar-refractivity contribution in [1.82, 2.24) is 4.57 Å². The summed E-state index contributed by atoms with van der Waals surface area (Å²) in [6.07, 6.45) is 0. The van der Waals surface area contributed by atoms with E-state index in [1.54, 1.807) is 0 Å². The fourth-order valence-electron chi connectivity index (χ4n) is 9.93. The number of fused-ring (bicyclic) bond motifs is 14. The summed E-state index contributed by atoms with van der Waals surface area (Å²) in [5.41, 5.74) is 17.1. The molecule has 0 aliphatic heterocycles. The van der Waals surface area contributed by atoms with Crippen LogP contribution in [-0.4, -0.2) is 4.57 Å². The first-order valence-electron chi connectivity index (χ1n) is 19.1. The minimum atomic E-state index is -0.451. The van der Waals surface area contributed by atoms with Crippen molar-refractivity contribution in [3.63, 3.8) is 0 Å². The van der Waals surface area contributed by atoms with Crippen LogP contribution in [0.3, 0.4) is 0 Å². The quantitative estimate of drug-likeness (QED) is 0.178. The SMILES string of the molecule is c1ccc(N(c2ccc3c(c2)C2(c4ccccc4-c4ccccc42)c2cc4ccccc4cc2-3)c2ccc3c(c2)c2ccccc2n3-c2ccccc2)cc1. The molecule has 0 saturated heterocycles. The van der Waals surface area contributed by atoms with Gasteiger partial charge in [0.2, 0.25) is 0 Å². The fraction of sp³-hybridized carbons (Fsp3) is 0.0189. The first-order chi connectivity index (χ1) is 27.3.